The number of hydrogen-bond acceptors (Lipinski definition) is 6. The van der Waals surface area contributed by atoms with Crippen molar-refractivity contribution >= 4 is 33.6 Å². The van der Waals surface area contributed by atoms with Crippen LogP contribution in [-0.2, 0) is 35.5 Å². The molecule has 0 bridgehead atoms. The van der Waals surface area contributed by atoms with Gasteiger partial charge in [0.1, 0.15) is 17.5 Å². The standard InChI is InChI=1S/C25H31ClFNO6S/c1-14-8-10-19(27)22(15(14)2)16(3)23(24(30)33-7)28-35(31,32)20-11-9-18(26)12-17(20)13-21(29)34-25(4,5)6/h8-12,16,23,28H,13H2,1-7H3. The second kappa shape index (κ2) is 11.1. The number of ether oxygens (including phenoxy) is 2. The first-order valence-corrected chi connectivity index (χ1v) is 12.8. The van der Waals surface area contributed by atoms with Crippen molar-refractivity contribution in [2.75, 3.05) is 7.11 Å². The lowest BCUT2D eigenvalue weighted by molar-refractivity contribution is -0.154. The lowest BCUT2D eigenvalue weighted by Gasteiger charge is -2.26. The van der Waals surface area contributed by atoms with Gasteiger partial charge in [-0.25, -0.2) is 12.8 Å². The molecule has 2 rings (SSSR count). The number of carbonyl (C=O) groups excluding carboxylic acids is 2. The van der Waals surface area contributed by atoms with E-state index in [2.05, 4.69) is 4.72 Å². The van der Waals surface area contributed by atoms with Gasteiger partial charge in [0, 0.05) is 10.9 Å². The van der Waals surface area contributed by atoms with Crippen LogP contribution < -0.4 is 4.72 Å². The van der Waals surface area contributed by atoms with E-state index in [0.717, 1.165) is 12.7 Å². The molecule has 0 aliphatic heterocycles. The summed E-state index contributed by atoms with van der Waals surface area (Å²) in [5.74, 6) is -3.00. The van der Waals surface area contributed by atoms with Crippen molar-refractivity contribution in [3.63, 3.8) is 0 Å². The van der Waals surface area contributed by atoms with Crippen LogP contribution in [0, 0.1) is 19.7 Å². The van der Waals surface area contributed by atoms with Crippen LogP contribution in [0.15, 0.2) is 35.2 Å². The number of hydrogen-bond donors (Lipinski definition) is 1. The Hall–Kier alpha value is -2.49. The topological polar surface area (TPSA) is 98.8 Å². The van der Waals surface area contributed by atoms with E-state index in [1.807, 2.05) is 0 Å². The van der Waals surface area contributed by atoms with Gasteiger partial charge >= 0.3 is 11.9 Å². The smallest absolute Gasteiger partial charge is 0.324 e. The van der Waals surface area contributed by atoms with Crippen LogP contribution in [-0.4, -0.2) is 39.1 Å². The predicted octanol–water partition coefficient (Wildman–Crippen LogP) is 4.60. The molecule has 0 aliphatic carbocycles. The zero-order valence-electron chi connectivity index (χ0n) is 20.9. The predicted molar refractivity (Wildman–Crippen MR) is 131 cm³/mol. The van der Waals surface area contributed by atoms with Gasteiger partial charge < -0.3 is 9.47 Å². The molecule has 2 atom stereocenters. The monoisotopic (exact) mass is 527 g/mol. The molecule has 2 aromatic carbocycles. The van der Waals surface area contributed by atoms with Crippen LogP contribution in [0.5, 0.6) is 0 Å². The molecule has 10 heteroatoms. The second-order valence-corrected chi connectivity index (χ2v) is 11.4. The second-order valence-electron chi connectivity index (χ2n) is 9.33. The Morgan fingerprint density at radius 2 is 1.77 bits per heavy atom. The molecule has 192 valence electrons. The van der Waals surface area contributed by atoms with E-state index in [9.17, 15) is 22.4 Å². The molecule has 0 aliphatic rings. The highest BCUT2D eigenvalue weighted by molar-refractivity contribution is 7.89. The van der Waals surface area contributed by atoms with Gasteiger partial charge in [-0.3, -0.25) is 9.59 Å². The number of aryl methyl sites for hydroxylation is 1. The first kappa shape index (κ1) is 28.7. The van der Waals surface area contributed by atoms with Crippen molar-refractivity contribution in [2.24, 2.45) is 0 Å². The van der Waals surface area contributed by atoms with Crippen molar-refractivity contribution < 1.29 is 31.9 Å². The van der Waals surface area contributed by atoms with Crippen molar-refractivity contribution in [2.45, 2.75) is 70.4 Å². The first-order chi connectivity index (χ1) is 16.1. The van der Waals surface area contributed by atoms with Gasteiger partial charge in [-0.15, -0.1) is 0 Å². The van der Waals surface area contributed by atoms with Gasteiger partial charge in [-0.1, -0.05) is 24.6 Å². The Bertz CT molecular complexity index is 1220. The van der Waals surface area contributed by atoms with Gasteiger partial charge in [0.25, 0.3) is 0 Å². The minimum Gasteiger partial charge on any atom is -0.468 e. The van der Waals surface area contributed by atoms with Crippen LogP contribution in [0.2, 0.25) is 5.02 Å². The molecule has 2 aromatic rings. The molecule has 0 saturated carbocycles. The molecule has 0 aromatic heterocycles. The summed E-state index contributed by atoms with van der Waals surface area (Å²) in [5.41, 5.74) is 0.912. The van der Waals surface area contributed by atoms with E-state index in [0.29, 0.717) is 5.56 Å². The minimum absolute atomic E-state index is 0.0911. The Morgan fingerprint density at radius 1 is 1.14 bits per heavy atom. The minimum atomic E-state index is -4.38. The lowest BCUT2D eigenvalue weighted by atomic mass is 9.88. The van der Waals surface area contributed by atoms with E-state index in [1.54, 1.807) is 47.6 Å². The molecule has 0 amide bonds. The Balaban J connectivity index is 2.50. The fourth-order valence-electron chi connectivity index (χ4n) is 3.72. The third-order valence-electron chi connectivity index (χ3n) is 5.49. The third-order valence-corrected chi connectivity index (χ3v) is 7.27. The number of benzene rings is 2. The van der Waals surface area contributed by atoms with Crippen LogP contribution in [0.1, 0.15) is 55.9 Å². The van der Waals surface area contributed by atoms with Gasteiger partial charge in [-0.2, -0.15) is 4.72 Å². The quantitative estimate of drug-likeness (QED) is 0.504. The molecular weight excluding hydrogens is 497 g/mol. The number of rotatable bonds is 8. The largest absolute Gasteiger partial charge is 0.468 e. The summed E-state index contributed by atoms with van der Waals surface area (Å²) in [5, 5.41) is 0.220. The summed E-state index contributed by atoms with van der Waals surface area (Å²) >= 11 is 6.06. The van der Waals surface area contributed by atoms with Crippen LogP contribution in [0.25, 0.3) is 0 Å². The maximum absolute atomic E-state index is 14.8. The summed E-state index contributed by atoms with van der Waals surface area (Å²) in [4.78, 5) is 24.8. The highest BCUT2D eigenvalue weighted by Gasteiger charge is 2.35. The van der Waals surface area contributed by atoms with Crippen molar-refractivity contribution in [3.8, 4) is 0 Å². The molecule has 35 heavy (non-hydrogen) atoms. The summed E-state index contributed by atoms with van der Waals surface area (Å²) in [7, 11) is -3.26. The zero-order chi connectivity index (χ0) is 26.7. The molecule has 2 unspecified atom stereocenters. The number of esters is 2. The summed E-state index contributed by atoms with van der Waals surface area (Å²) in [6.07, 6.45) is -0.363. The van der Waals surface area contributed by atoms with Crippen molar-refractivity contribution in [1.82, 2.24) is 4.72 Å². The zero-order valence-corrected chi connectivity index (χ0v) is 22.4. The maximum atomic E-state index is 14.8. The molecular formula is C25H31ClFNO6S. The average Bonchev–Trinajstić information content (AvgIpc) is 2.72. The third kappa shape index (κ3) is 7.25. The molecule has 0 spiro atoms. The summed E-state index contributed by atoms with van der Waals surface area (Å²) in [6.45, 7) is 10.1. The molecule has 0 saturated heterocycles. The number of halogens is 2. The highest BCUT2D eigenvalue weighted by Crippen LogP contribution is 2.30. The Labute approximate surface area is 211 Å². The maximum Gasteiger partial charge on any atom is 0.324 e. The van der Waals surface area contributed by atoms with Crippen LogP contribution >= 0.6 is 11.6 Å². The summed E-state index contributed by atoms with van der Waals surface area (Å²) < 4.78 is 54.1. The Kier molecular flexibility index (Phi) is 9.08. The van der Waals surface area contributed by atoms with E-state index in [1.165, 1.54) is 24.3 Å². The summed E-state index contributed by atoms with van der Waals surface area (Å²) in [6, 6.07) is 5.38. The molecule has 0 radical (unpaired) electrons. The number of methoxy groups -OCH3 is 1. The average molecular weight is 528 g/mol. The van der Waals surface area contributed by atoms with E-state index < -0.39 is 45.3 Å². The van der Waals surface area contributed by atoms with Gasteiger partial charge in [0.15, 0.2) is 0 Å². The van der Waals surface area contributed by atoms with Gasteiger partial charge in [0.05, 0.1) is 18.4 Å². The number of nitrogens with one attached hydrogen (secondary N) is 1. The normalized spacial score (nSPS) is 13.7. The fourth-order valence-corrected chi connectivity index (χ4v) is 5.40. The van der Waals surface area contributed by atoms with Crippen molar-refractivity contribution in [1.29, 1.82) is 0 Å². The SMILES string of the molecule is COC(=O)C(NS(=O)(=O)c1ccc(Cl)cc1CC(=O)OC(C)(C)C)C(C)c1c(F)ccc(C)c1C. The molecule has 1 N–H and O–H groups in total. The van der Waals surface area contributed by atoms with Crippen LogP contribution in [0.4, 0.5) is 4.39 Å². The number of carbonyl (C=O) groups is 2. The van der Waals surface area contributed by atoms with Gasteiger partial charge in [0.2, 0.25) is 10.0 Å². The molecule has 0 heterocycles. The van der Waals surface area contributed by atoms with E-state index >= 15 is 0 Å². The van der Waals surface area contributed by atoms with Gasteiger partial charge in [-0.05, 0) is 81.1 Å². The number of sulfonamides is 1. The first-order valence-electron chi connectivity index (χ1n) is 10.9. The Morgan fingerprint density at radius 3 is 2.34 bits per heavy atom. The van der Waals surface area contributed by atoms with Crippen LogP contribution in [0.3, 0.4) is 0 Å². The van der Waals surface area contributed by atoms with E-state index in [-0.39, 0.29) is 27.5 Å². The van der Waals surface area contributed by atoms with E-state index in [4.69, 9.17) is 21.1 Å². The van der Waals surface area contributed by atoms with Crippen molar-refractivity contribution in [3.05, 3.63) is 63.4 Å². The molecule has 0 fully saturated rings. The fraction of sp³-hybridized carbons (Fsp3) is 0.440. The lowest BCUT2D eigenvalue weighted by Crippen LogP contribution is -2.45. The molecule has 7 nitrogen and oxygen atoms in total. The highest BCUT2D eigenvalue weighted by atomic mass is 35.5.